The van der Waals surface area contributed by atoms with Crippen molar-refractivity contribution < 1.29 is 15.0 Å². The SMILES string of the molecule is C[C@]12CCCC[C@H]1[C@@H]2C(=O)N/N=C\c1ccc(O)c(O)c1. The van der Waals surface area contributed by atoms with Gasteiger partial charge >= 0.3 is 0 Å². The number of aromatic hydroxyl groups is 2. The molecule has 1 aromatic rings. The zero-order valence-electron chi connectivity index (χ0n) is 12.0. The topological polar surface area (TPSA) is 81.9 Å². The normalized spacial score (nSPS) is 30.9. The fraction of sp³-hybridized carbons (Fsp3) is 0.500. The van der Waals surface area contributed by atoms with E-state index < -0.39 is 0 Å². The van der Waals surface area contributed by atoms with E-state index in [-0.39, 0.29) is 28.7 Å². The molecule has 21 heavy (non-hydrogen) atoms. The number of phenols is 2. The second kappa shape index (κ2) is 5.06. The molecule has 2 saturated carbocycles. The van der Waals surface area contributed by atoms with Crippen LogP contribution in [-0.2, 0) is 4.79 Å². The number of rotatable bonds is 3. The number of hydrazone groups is 1. The van der Waals surface area contributed by atoms with Gasteiger partial charge in [0.2, 0.25) is 5.91 Å². The Hall–Kier alpha value is -2.04. The predicted molar refractivity (Wildman–Crippen MR) is 79.1 cm³/mol. The summed E-state index contributed by atoms with van der Waals surface area (Å²) in [6, 6.07) is 4.39. The van der Waals surface area contributed by atoms with E-state index in [0.717, 1.165) is 12.8 Å². The Balaban J connectivity index is 1.59. The Morgan fingerprint density at radius 3 is 2.86 bits per heavy atom. The molecule has 0 radical (unpaired) electrons. The first-order valence-electron chi connectivity index (χ1n) is 7.37. The minimum absolute atomic E-state index is 0.0105. The van der Waals surface area contributed by atoms with Crippen LogP contribution >= 0.6 is 0 Å². The maximum atomic E-state index is 12.2. The number of fused-ring (bicyclic) bond motifs is 1. The van der Waals surface area contributed by atoms with Crippen LogP contribution in [0.4, 0.5) is 0 Å². The van der Waals surface area contributed by atoms with Crippen molar-refractivity contribution in [2.24, 2.45) is 22.4 Å². The molecule has 0 bridgehead atoms. The highest BCUT2D eigenvalue weighted by atomic mass is 16.3. The van der Waals surface area contributed by atoms with E-state index in [9.17, 15) is 15.0 Å². The van der Waals surface area contributed by atoms with Gasteiger partial charge in [-0.05, 0) is 47.9 Å². The number of benzene rings is 1. The molecule has 0 unspecified atom stereocenters. The van der Waals surface area contributed by atoms with Crippen LogP contribution in [0, 0.1) is 17.3 Å². The highest BCUT2D eigenvalue weighted by molar-refractivity contribution is 5.86. The van der Waals surface area contributed by atoms with Crippen molar-refractivity contribution in [2.45, 2.75) is 32.6 Å². The molecule has 2 fully saturated rings. The smallest absolute Gasteiger partial charge is 0.244 e. The summed E-state index contributed by atoms with van der Waals surface area (Å²) in [5.74, 6) is 0.213. The Bertz CT molecular complexity index is 599. The van der Waals surface area contributed by atoms with Crippen LogP contribution in [0.3, 0.4) is 0 Å². The number of carbonyl (C=O) groups is 1. The first-order chi connectivity index (χ1) is 10.0. The van der Waals surface area contributed by atoms with E-state index in [0.29, 0.717) is 11.5 Å². The van der Waals surface area contributed by atoms with E-state index >= 15 is 0 Å². The van der Waals surface area contributed by atoms with Crippen LogP contribution < -0.4 is 5.43 Å². The van der Waals surface area contributed by atoms with Crippen LogP contribution in [-0.4, -0.2) is 22.3 Å². The lowest BCUT2D eigenvalue weighted by molar-refractivity contribution is -0.123. The third kappa shape index (κ3) is 2.48. The maximum Gasteiger partial charge on any atom is 0.244 e. The minimum atomic E-state index is -0.203. The summed E-state index contributed by atoms with van der Waals surface area (Å²) in [5.41, 5.74) is 3.39. The van der Waals surface area contributed by atoms with Crippen LogP contribution in [0.5, 0.6) is 11.5 Å². The van der Waals surface area contributed by atoms with Gasteiger partial charge in [0.15, 0.2) is 11.5 Å². The molecular weight excluding hydrogens is 268 g/mol. The predicted octanol–water partition coefficient (Wildman–Crippen LogP) is 2.37. The number of phenolic OH excluding ortho intramolecular Hbond substituents is 2. The summed E-state index contributed by atoms with van der Waals surface area (Å²) in [4.78, 5) is 12.2. The number of amides is 1. The second-order valence-electron chi connectivity index (χ2n) is 6.32. The first-order valence-corrected chi connectivity index (χ1v) is 7.37. The number of carbonyl (C=O) groups excluding carboxylic acids is 1. The molecule has 112 valence electrons. The first kappa shape index (κ1) is 13.9. The molecule has 3 atom stereocenters. The molecule has 3 rings (SSSR count). The second-order valence-corrected chi connectivity index (χ2v) is 6.32. The van der Waals surface area contributed by atoms with Gasteiger partial charge in [0.1, 0.15) is 0 Å². The van der Waals surface area contributed by atoms with Crippen molar-refractivity contribution in [2.75, 3.05) is 0 Å². The number of hydrogen-bond acceptors (Lipinski definition) is 4. The molecule has 5 nitrogen and oxygen atoms in total. The van der Waals surface area contributed by atoms with Gasteiger partial charge in [-0.1, -0.05) is 19.8 Å². The van der Waals surface area contributed by atoms with Crippen molar-refractivity contribution in [3.63, 3.8) is 0 Å². The van der Waals surface area contributed by atoms with E-state index in [2.05, 4.69) is 17.5 Å². The molecule has 3 N–H and O–H groups in total. The lowest BCUT2D eigenvalue weighted by Gasteiger charge is -2.15. The van der Waals surface area contributed by atoms with Gasteiger partial charge in [-0.3, -0.25) is 4.79 Å². The van der Waals surface area contributed by atoms with Crippen molar-refractivity contribution in [3.8, 4) is 11.5 Å². The quantitative estimate of drug-likeness (QED) is 0.454. The fourth-order valence-electron chi connectivity index (χ4n) is 3.71. The van der Waals surface area contributed by atoms with E-state index in [1.54, 1.807) is 6.07 Å². The molecule has 0 aromatic heterocycles. The van der Waals surface area contributed by atoms with Gasteiger partial charge in [0.25, 0.3) is 0 Å². The standard InChI is InChI=1S/C16H20N2O3/c1-16-7-3-2-4-11(16)14(16)15(21)18-17-9-10-5-6-12(19)13(20)8-10/h5-6,8-9,11,14,19-20H,2-4,7H2,1H3,(H,18,21)/b17-9-/t11-,14+,16-/m0/s1. The lowest BCUT2D eigenvalue weighted by atomic mass is 9.90. The summed E-state index contributed by atoms with van der Waals surface area (Å²) < 4.78 is 0. The molecule has 2 aliphatic rings. The Kier molecular flexibility index (Phi) is 3.35. The van der Waals surface area contributed by atoms with Gasteiger partial charge in [-0.25, -0.2) is 5.43 Å². The van der Waals surface area contributed by atoms with Crippen LogP contribution in [0.1, 0.15) is 38.2 Å². The number of nitrogens with one attached hydrogen (secondary N) is 1. The summed E-state index contributed by atoms with van der Waals surface area (Å²) in [6.07, 6.45) is 6.17. The molecule has 1 amide bonds. The third-order valence-electron chi connectivity index (χ3n) is 5.00. The summed E-state index contributed by atoms with van der Waals surface area (Å²) in [7, 11) is 0. The van der Waals surface area contributed by atoms with Crippen molar-refractivity contribution in [3.05, 3.63) is 23.8 Å². The lowest BCUT2D eigenvalue weighted by Crippen LogP contribution is -2.22. The molecule has 0 saturated heterocycles. The summed E-state index contributed by atoms with van der Waals surface area (Å²) in [6.45, 7) is 2.20. The van der Waals surface area contributed by atoms with E-state index in [1.165, 1.54) is 31.2 Å². The number of nitrogens with zero attached hydrogens (tertiary/aromatic N) is 1. The van der Waals surface area contributed by atoms with Crippen LogP contribution in [0.15, 0.2) is 23.3 Å². The summed E-state index contributed by atoms with van der Waals surface area (Å²) >= 11 is 0. The van der Waals surface area contributed by atoms with Gasteiger partial charge in [0, 0.05) is 5.92 Å². The van der Waals surface area contributed by atoms with Crippen molar-refractivity contribution >= 4 is 12.1 Å². The zero-order valence-corrected chi connectivity index (χ0v) is 12.0. The number of hydrogen-bond donors (Lipinski definition) is 3. The average Bonchev–Trinajstić information content (AvgIpc) is 3.08. The molecule has 0 aliphatic heterocycles. The van der Waals surface area contributed by atoms with Crippen LogP contribution in [0.2, 0.25) is 0 Å². The zero-order chi connectivity index (χ0) is 15.0. The van der Waals surface area contributed by atoms with Gasteiger partial charge in [0.05, 0.1) is 6.21 Å². The monoisotopic (exact) mass is 288 g/mol. The molecule has 5 heteroatoms. The highest BCUT2D eigenvalue weighted by Gasteiger charge is 2.64. The fourth-order valence-corrected chi connectivity index (χ4v) is 3.71. The Morgan fingerprint density at radius 1 is 1.38 bits per heavy atom. The largest absolute Gasteiger partial charge is 0.504 e. The molecular formula is C16H20N2O3. The molecule has 2 aliphatic carbocycles. The molecule has 1 aromatic carbocycles. The van der Waals surface area contributed by atoms with Gasteiger partial charge < -0.3 is 10.2 Å². The maximum absolute atomic E-state index is 12.2. The van der Waals surface area contributed by atoms with Crippen molar-refractivity contribution in [1.29, 1.82) is 0 Å². The average molecular weight is 288 g/mol. The van der Waals surface area contributed by atoms with E-state index in [1.807, 2.05) is 0 Å². The van der Waals surface area contributed by atoms with Gasteiger partial charge in [-0.15, -0.1) is 0 Å². The third-order valence-corrected chi connectivity index (χ3v) is 5.00. The molecule has 0 spiro atoms. The minimum Gasteiger partial charge on any atom is -0.504 e. The Labute approximate surface area is 123 Å². The highest BCUT2D eigenvalue weighted by Crippen LogP contribution is 2.66. The van der Waals surface area contributed by atoms with Crippen molar-refractivity contribution in [1.82, 2.24) is 5.43 Å². The Morgan fingerprint density at radius 2 is 2.19 bits per heavy atom. The van der Waals surface area contributed by atoms with Crippen LogP contribution in [0.25, 0.3) is 0 Å². The molecule has 0 heterocycles. The van der Waals surface area contributed by atoms with E-state index in [4.69, 9.17) is 0 Å². The van der Waals surface area contributed by atoms with Gasteiger partial charge in [-0.2, -0.15) is 5.10 Å². The summed E-state index contributed by atoms with van der Waals surface area (Å²) in [5, 5.41) is 22.5.